The smallest absolute Gasteiger partial charge is 0.305 e. The number of H-pyrrole nitrogens is 2. The second kappa shape index (κ2) is 33.5. The van der Waals surface area contributed by atoms with E-state index in [1.165, 1.54) is 0 Å². The van der Waals surface area contributed by atoms with Gasteiger partial charge < -0.3 is 28.9 Å². The minimum absolute atomic E-state index is 0.165. The lowest BCUT2D eigenvalue weighted by atomic mass is 9.96. The van der Waals surface area contributed by atoms with Gasteiger partial charge in [-0.3, -0.25) is 19.2 Å². The molecule has 0 atom stereocenters. The lowest BCUT2D eigenvalue weighted by molar-refractivity contribution is -0.144. The highest BCUT2D eigenvalue weighted by Crippen LogP contribution is 2.42. The van der Waals surface area contributed by atoms with Crippen molar-refractivity contribution in [2.75, 3.05) is 26.4 Å². The number of hydrogen-bond acceptors (Lipinski definition) is 14. The van der Waals surface area contributed by atoms with E-state index in [0.717, 1.165) is 169 Å². The third-order valence-corrected chi connectivity index (χ3v) is 16.6. The fraction of sp³-hybridized carbons (Fsp3) is 0.500. The van der Waals surface area contributed by atoms with Gasteiger partial charge in [0.2, 0.25) is 0 Å². The zero-order valence-electron chi connectivity index (χ0n) is 52.5. The summed E-state index contributed by atoms with van der Waals surface area (Å²) in [6, 6.07) is 24.9. The number of nitrogens with zero attached hydrogens (tertiary/aromatic N) is 6. The van der Waals surface area contributed by atoms with Gasteiger partial charge in [0.25, 0.3) is 0 Å². The standard InChI is InChI=1S/C72H90N8O8/c1-5-9-21-45-85-57(81)41-17-13-29-49-33-25-37-53-61(49)69-73-65(53)78-70-63-51(31-15-19-43-59(83)87-47-23-11-7-3)35-27-39-55(63)67(75-70)80-72-64-52(32-16-20-44-60(84)88-48-24-12-8-4)36-28-40-56(64)68(76-72)79-71-62-50(34-26-38-54(62)66(74-71)77-69)30-14-18-42-58(82)86-46-22-10-6-2/h25-28,33-40H,5-24,29-32,41-48H2,1-4H3,(H2,73,74,75,76,77,78,79,80). The van der Waals surface area contributed by atoms with Crippen LogP contribution in [-0.2, 0) is 63.8 Å². The number of hydrogen-bond donors (Lipinski definition) is 2. The first-order valence-corrected chi connectivity index (χ1v) is 33.1. The van der Waals surface area contributed by atoms with E-state index in [2.05, 4.69) is 86.2 Å². The van der Waals surface area contributed by atoms with Crippen molar-refractivity contribution in [1.29, 1.82) is 0 Å². The quantitative estimate of drug-likeness (QED) is 0.0212. The Bertz CT molecular complexity index is 3680. The van der Waals surface area contributed by atoms with Crippen molar-refractivity contribution in [3.63, 3.8) is 0 Å². The predicted molar refractivity (Wildman–Crippen MR) is 348 cm³/mol. The molecule has 0 saturated carbocycles. The molecule has 4 aromatic carbocycles. The summed E-state index contributed by atoms with van der Waals surface area (Å²) in [7, 11) is 0. The highest BCUT2D eigenvalue weighted by atomic mass is 16.5. The average molecular weight is 1200 g/mol. The van der Waals surface area contributed by atoms with Gasteiger partial charge in [0.15, 0.2) is 23.3 Å². The number of carbonyl (C=O) groups is 4. The number of fused-ring (bicyclic) bond motifs is 20. The normalized spacial score (nSPS) is 11.7. The van der Waals surface area contributed by atoms with E-state index in [4.69, 9.17) is 48.9 Å². The van der Waals surface area contributed by atoms with Crippen molar-refractivity contribution in [2.24, 2.45) is 0 Å². The number of esters is 4. The van der Waals surface area contributed by atoms with Crippen LogP contribution < -0.4 is 0 Å². The lowest BCUT2D eigenvalue weighted by Crippen LogP contribution is -2.05. The average Bonchev–Trinajstić information content (AvgIpc) is 2.13. The number of carbonyl (C=O) groups excluding carboxylic acids is 4. The van der Waals surface area contributed by atoms with E-state index < -0.39 is 0 Å². The van der Waals surface area contributed by atoms with Crippen molar-refractivity contribution >= 4 is 68.0 Å². The van der Waals surface area contributed by atoms with Gasteiger partial charge in [-0.1, -0.05) is 152 Å². The Labute approximate surface area is 518 Å². The van der Waals surface area contributed by atoms with E-state index in [0.29, 0.717) is 149 Å². The summed E-state index contributed by atoms with van der Waals surface area (Å²) in [5.74, 6) is 1.25. The molecule has 0 radical (unpaired) electrons. The minimum atomic E-state index is -0.170. The summed E-state index contributed by atoms with van der Waals surface area (Å²) in [4.78, 5) is 91.1. The molecule has 0 spiro atoms. The molecule has 0 saturated heterocycles. The van der Waals surface area contributed by atoms with Crippen LogP contribution in [0, 0.1) is 0 Å². The van der Waals surface area contributed by atoms with Crippen LogP contribution in [0.2, 0.25) is 0 Å². The number of unbranched alkanes of at least 4 members (excludes halogenated alkanes) is 12. The van der Waals surface area contributed by atoms with Crippen LogP contribution in [-0.4, -0.2) is 90.2 Å². The van der Waals surface area contributed by atoms with Crippen LogP contribution in [0.4, 0.5) is 0 Å². The van der Waals surface area contributed by atoms with E-state index >= 15 is 0 Å². The van der Waals surface area contributed by atoms with E-state index in [1.54, 1.807) is 0 Å². The summed E-state index contributed by atoms with van der Waals surface area (Å²) in [5, 5.41) is 3.57. The molecule has 2 aliphatic heterocycles. The molecule has 0 unspecified atom stereocenters. The number of ether oxygens (including phenoxy) is 4. The Hall–Kier alpha value is -7.88. The van der Waals surface area contributed by atoms with Crippen molar-refractivity contribution in [3.8, 4) is 45.6 Å². The molecule has 2 aliphatic rings. The van der Waals surface area contributed by atoms with Crippen LogP contribution >= 0.6 is 0 Å². The largest absolute Gasteiger partial charge is 0.466 e. The van der Waals surface area contributed by atoms with Crippen LogP contribution in [0.1, 0.15) is 204 Å². The first-order valence-electron chi connectivity index (χ1n) is 33.1. The Morgan fingerprint density at radius 2 is 0.648 bits per heavy atom. The van der Waals surface area contributed by atoms with Crippen molar-refractivity contribution < 1.29 is 38.1 Å². The molecule has 2 N–H and O–H groups in total. The zero-order valence-corrected chi connectivity index (χ0v) is 52.5. The van der Waals surface area contributed by atoms with Gasteiger partial charge >= 0.3 is 23.9 Å². The Morgan fingerprint density at radius 3 is 1.05 bits per heavy atom. The van der Waals surface area contributed by atoms with Gasteiger partial charge in [0, 0.05) is 69.5 Å². The molecule has 16 heteroatoms. The van der Waals surface area contributed by atoms with Crippen molar-refractivity contribution in [2.45, 2.75) is 207 Å². The number of benzene rings is 4. The molecule has 16 nitrogen and oxygen atoms in total. The molecule has 7 aromatic rings. The Morgan fingerprint density at radius 1 is 0.330 bits per heavy atom. The molecule has 0 amide bonds. The molecule has 8 bridgehead atoms. The Kier molecular flexibility index (Phi) is 24.6. The summed E-state index contributed by atoms with van der Waals surface area (Å²) < 4.78 is 22.2. The van der Waals surface area contributed by atoms with Gasteiger partial charge in [0.1, 0.15) is 22.6 Å². The SMILES string of the molecule is CCCCCOC(=O)CCCCc1cccc2c1-c1nc3nc(nc4[nH]c(nc5[nH]c(nc-2n1)c1c(CCCCC(=O)OCCCCC)cccc51)c1c(CCCCC(=O)OCCCCC)cccc41)-c1c(CCCCC(=O)OCCCCC)cccc1-3. The van der Waals surface area contributed by atoms with Crippen LogP contribution in [0.3, 0.4) is 0 Å². The maximum absolute atomic E-state index is 12.8. The van der Waals surface area contributed by atoms with Crippen molar-refractivity contribution in [1.82, 2.24) is 39.9 Å². The highest BCUT2D eigenvalue weighted by molar-refractivity contribution is 6.10. The summed E-state index contributed by atoms with van der Waals surface area (Å²) >= 11 is 0. The first kappa shape index (κ1) is 64.6. The monoisotopic (exact) mass is 1190 g/mol. The molecule has 5 heterocycles. The van der Waals surface area contributed by atoms with E-state index in [1.807, 2.05) is 24.3 Å². The molecular formula is C72H90N8O8. The molecule has 466 valence electrons. The Balaban J connectivity index is 1.18. The number of rotatable bonds is 36. The third kappa shape index (κ3) is 17.2. The summed E-state index contributed by atoms with van der Waals surface area (Å²) in [6.07, 6.45) is 21.6. The lowest BCUT2D eigenvalue weighted by Gasteiger charge is -2.09. The zero-order chi connectivity index (χ0) is 61.5. The fourth-order valence-electron chi connectivity index (χ4n) is 11.9. The second-order valence-electron chi connectivity index (χ2n) is 23.5. The molecule has 0 fully saturated rings. The van der Waals surface area contributed by atoms with E-state index in [-0.39, 0.29) is 23.9 Å². The summed E-state index contributed by atoms with van der Waals surface area (Å²) in [6.45, 7) is 10.3. The molecule has 88 heavy (non-hydrogen) atoms. The number of aryl methyl sites for hydroxylation is 4. The van der Waals surface area contributed by atoms with Crippen LogP contribution in [0.15, 0.2) is 72.8 Å². The van der Waals surface area contributed by atoms with Gasteiger partial charge in [-0.2, -0.15) is 0 Å². The predicted octanol–water partition coefficient (Wildman–Crippen LogP) is 16.7. The highest BCUT2D eigenvalue weighted by Gasteiger charge is 2.28. The third-order valence-electron chi connectivity index (χ3n) is 16.6. The van der Waals surface area contributed by atoms with Gasteiger partial charge in [-0.15, -0.1) is 0 Å². The number of nitrogens with one attached hydrogen (secondary N) is 2. The first-order chi connectivity index (χ1) is 43.2. The van der Waals surface area contributed by atoms with Gasteiger partial charge in [-0.25, -0.2) is 29.9 Å². The fourth-order valence-corrected chi connectivity index (χ4v) is 11.9. The number of aromatic nitrogens is 8. The molecule has 9 rings (SSSR count). The minimum Gasteiger partial charge on any atom is -0.466 e. The van der Waals surface area contributed by atoms with Gasteiger partial charge in [-0.05, 0) is 125 Å². The van der Waals surface area contributed by atoms with Crippen LogP contribution in [0.25, 0.3) is 89.7 Å². The van der Waals surface area contributed by atoms with Gasteiger partial charge in [0.05, 0.1) is 26.4 Å². The van der Waals surface area contributed by atoms with E-state index in [9.17, 15) is 19.2 Å². The molecular weight excluding hydrogens is 1100 g/mol. The maximum Gasteiger partial charge on any atom is 0.305 e. The number of aromatic amines is 2. The maximum atomic E-state index is 12.8. The molecule has 3 aromatic heterocycles. The topological polar surface area (TPSA) is 214 Å². The molecule has 0 aliphatic carbocycles. The van der Waals surface area contributed by atoms with Crippen LogP contribution in [0.5, 0.6) is 0 Å². The second-order valence-corrected chi connectivity index (χ2v) is 23.5. The summed E-state index contributed by atoms with van der Waals surface area (Å²) in [5.41, 5.74) is 9.95. The van der Waals surface area contributed by atoms with Crippen molar-refractivity contribution in [3.05, 3.63) is 95.1 Å².